The maximum atomic E-state index is 14.4. The lowest BCUT2D eigenvalue weighted by atomic mass is 9.96. The molecule has 7 amide bonds. The van der Waals surface area contributed by atoms with E-state index < -0.39 is 159 Å². The van der Waals surface area contributed by atoms with Crippen LogP contribution in [-0.2, 0) is 28.8 Å². The van der Waals surface area contributed by atoms with Gasteiger partial charge in [-0.2, -0.15) is 5.26 Å². The smallest absolute Gasteiger partial charge is 0.251 e. The van der Waals surface area contributed by atoms with Crippen LogP contribution >= 0.6 is 0 Å². The van der Waals surface area contributed by atoms with E-state index in [-0.39, 0.29) is 23.3 Å². The van der Waals surface area contributed by atoms with Crippen molar-refractivity contribution >= 4 is 52.1 Å². The first-order valence-electron chi connectivity index (χ1n) is 25.5. The molecule has 0 bridgehead atoms. The molecule has 14 N–H and O–H groups in total. The zero-order valence-electron chi connectivity index (χ0n) is 42.5. The second kappa shape index (κ2) is 26.8. The van der Waals surface area contributed by atoms with Gasteiger partial charge in [0.05, 0.1) is 43.5 Å². The van der Waals surface area contributed by atoms with E-state index in [0.717, 1.165) is 56.1 Å². The number of nitrogens with one attached hydrogen (secondary N) is 5. The Balaban J connectivity index is 1.36. The van der Waals surface area contributed by atoms with Crippen molar-refractivity contribution in [2.75, 3.05) is 19.7 Å². The summed E-state index contributed by atoms with van der Waals surface area (Å²) in [7, 11) is 0. The maximum absolute atomic E-state index is 14.4. The fraction of sp³-hybridized carbons (Fsp3) is 0.538. The van der Waals surface area contributed by atoms with Crippen LogP contribution in [0.3, 0.4) is 0 Å². The van der Waals surface area contributed by atoms with Gasteiger partial charge in [-0.25, -0.2) is 0 Å². The zero-order chi connectivity index (χ0) is 56.2. The van der Waals surface area contributed by atoms with Crippen molar-refractivity contribution < 1.29 is 84.3 Å². The largest absolute Gasteiger partial charge is 0.508 e. The Morgan fingerprint density at radius 3 is 2.09 bits per heavy atom. The van der Waals surface area contributed by atoms with Gasteiger partial charge in [0.25, 0.3) is 5.91 Å². The average molecular weight is 1080 g/mol. The number of nitrogens with zero attached hydrogens (tertiary/aromatic N) is 3. The number of amides is 7. The molecule has 0 radical (unpaired) electrons. The standard InChI is InChI=1S/C52H68N8O17/c1-3-4-5-6-7-20-77-33-15-12-28-21-30(9-8-29(28)22-33)45(69)54-34-24-38(66)48(72)58-50(74)42-37(65)17-19-59(42)52(76)40(36(64)16-18-53)56-49(73)41(44(68)43(67)27-10-13-31(62)14-11-27)57-47(71)35-23-32(63)25-60(35)51(75)39(26(2)61)55-46(34)70/h8-15,21-22,26,32,34-44,48,61-68,72H,3-7,16-17,19-20,23-25H2,1-2H3,(H,54,69)(H,55,70)(H,56,73)(H,57,71)(H,58,74)/t26-,32-,34+,35+,36-,37+,38+,39+,40+,41+,42+,43+,44+,48+/m1/s1. The molecule has 3 aromatic rings. The number of aliphatic hydroxyl groups excluding tert-OH is 8. The minimum absolute atomic E-state index is 0.00815. The highest BCUT2D eigenvalue weighted by Gasteiger charge is 2.49. The van der Waals surface area contributed by atoms with E-state index in [2.05, 4.69) is 33.5 Å². The molecule has 0 unspecified atom stereocenters. The summed E-state index contributed by atoms with van der Waals surface area (Å²) < 4.78 is 5.92. The summed E-state index contributed by atoms with van der Waals surface area (Å²) in [6, 6.07) is 4.02. The Hall–Kier alpha value is -7.02. The third-order valence-electron chi connectivity index (χ3n) is 13.9. The van der Waals surface area contributed by atoms with Crippen LogP contribution in [0.15, 0.2) is 60.7 Å². The van der Waals surface area contributed by atoms with Gasteiger partial charge in [0.2, 0.25) is 35.4 Å². The number of phenols is 1. The molecule has 3 heterocycles. The Kier molecular flexibility index (Phi) is 20.6. The highest BCUT2D eigenvalue weighted by molar-refractivity contribution is 6.02. The first-order chi connectivity index (χ1) is 36.6. The normalized spacial score (nSPS) is 27.6. The number of ether oxygens (including phenoxy) is 1. The number of hydrogen-bond donors (Lipinski definition) is 14. The summed E-state index contributed by atoms with van der Waals surface area (Å²) in [6.45, 7) is 2.69. The highest BCUT2D eigenvalue weighted by Crippen LogP contribution is 2.27. The number of rotatable bonds is 15. The van der Waals surface area contributed by atoms with Gasteiger partial charge in [0.15, 0.2) is 6.23 Å². The molecule has 3 fully saturated rings. The Morgan fingerprint density at radius 1 is 0.753 bits per heavy atom. The van der Waals surface area contributed by atoms with Crippen LogP contribution in [0.4, 0.5) is 0 Å². The maximum Gasteiger partial charge on any atom is 0.251 e. The molecule has 418 valence electrons. The molecule has 25 heteroatoms. The predicted octanol–water partition coefficient (Wildman–Crippen LogP) is -2.68. The van der Waals surface area contributed by atoms with Crippen LogP contribution in [-0.4, -0.2) is 196 Å². The minimum Gasteiger partial charge on any atom is -0.508 e. The molecule has 0 aromatic heterocycles. The van der Waals surface area contributed by atoms with Crippen molar-refractivity contribution in [1.82, 2.24) is 36.4 Å². The molecule has 3 saturated heterocycles. The lowest BCUT2D eigenvalue weighted by Gasteiger charge is -2.34. The first kappa shape index (κ1) is 59.2. The highest BCUT2D eigenvalue weighted by atomic mass is 16.5. The number of carbonyl (C=O) groups excluding carboxylic acids is 7. The first-order valence-corrected chi connectivity index (χ1v) is 25.5. The number of phenolic OH excluding ortho intramolecular Hbond substituents is 1. The Morgan fingerprint density at radius 2 is 1.40 bits per heavy atom. The summed E-state index contributed by atoms with van der Waals surface area (Å²) in [5.41, 5.74) is -0.101. The third kappa shape index (κ3) is 14.7. The molecule has 0 aliphatic carbocycles. The molecular weight excluding hydrogens is 1010 g/mol. The van der Waals surface area contributed by atoms with E-state index in [1.807, 2.05) is 0 Å². The van der Waals surface area contributed by atoms with E-state index in [1.54, 1.807) is 30.3 Å². The fourth-order valence-corrected chi connectivity index (χ4v) is 9.55. The second-order valence-corrected chi connectivity index (χ2v) is 19.7. The molecule has 3 aliphatic rings. The molecule has 77 heavy (non-hydrogen) atoms. The summed E-state index contributed by atoms with van der Waals surface area (Å²) in [5, 5.41) is 122. The number of carbonyl (C=O) groups is 7. The van der Waals surface area contributed by atoms with Crippen molar-refractivity contribution in [2.45, 2.75) is 157 Å². The van der Waals surface area contributed by atoms with Gasteiger partial charge < -0.3 is 87.1 Å². The summed E-state index contributed by atoms with van der Waals surface area (Å²) in [4.78, 5) is 101. The lowest BCUT2D eigenvalue weighted by molar-refractivity contribution is -0.148. The van der Waals surface area contributed by atoms with E-state index in [1.165, 1.54) is 24.3 Å². The van der Waals surface area contributed by atoms with Gasteiger partial charge >= 0.3 is 0 Å². The third-order valence-corrected chi connectivity index (χ3v) is 13.9. The molecule has 3 aromatic carbocycles. The molecule has 3 aliphatic heterocycles. The number of unbranched alkanes of at least 4 members (excludes halogenated alkanes) is 4. The summed E-state index contributed by atoms with van der Waals surface area (Å²) in [6.07, 6.45) is -13.2. The quantitative estimate of drug-likeness (QED) is 0.0690. The monoisotopic (exact) mass is 1080 g/mol. The van der Waals surface area contributed by atoms with E-state index in [9.17, 15) is 84.8 Å². The zero-order valence-corrected chi connectivity index (χ0v) is 42.5. The van der Waals surface area contributed by atoms with E-state index >= 15 is 0 Å². The van der Waals surface area contributed by atoms with Crippen LogP contribution in [0.1, 0.15) is 93.7 Å². The fourth-order valence-electron chi connectivity index (χ4n) is 9.55. The van der Waals surface area contributed by atoms with Crippen molar-refractivity contribution in [3.05, 3.63) is 71.8 Å². The van der Waals surface area contributed by atoms with Crippen LogP contribution in [0, 0.1) is 11.3 Å². The Bertz CT molecular complexity index is 2640. The molecule has 6 rings (SSSR count). The van der Waals surface area contributed by atoms with Gasteiger partial charge in [-0.3, -0.25) is 33.6 Å². The number of aromatic hydroxyl groups is 1. The summed E-state index contributed by atoms with van der Waals surface area (Å²) in [5.74, 6) is -8.35. The van der Waals surface area contributed by atoms with Crippen molar-refractivity contribution in [2.24, 2.45) is 0 Å². The van der Waals surface area contributed by atoms with Gasteiger partial charge in [0, 0.05) is 31.5 Å². The number of nitriles is 1. The number of hydrogen-bond acceptors (Lipinski definition) is 18. The lowest BCUT2D eigenvalue weighted by Crippen LogP contribution is -2.64. The van der Waals surface area contributed by atoms with Crippen molar-refractivity contribution in [1.29, 1.82) is 5.26 Å². The molecule has 25 nitrogen and oxygen atoms in total. The van der Waals surface area contributed by atoms with Crippen molar-refractivity contribution in [3.8, 4) is 17.6 Å². The molecule has 0 spiro atoms. The molecular formula is C52H68N8O17. The minimum atomic E-state index is -2.35. The predicted molar refractivity (Wildman–Crippen MR) is 269 cm³/mol. The number of fused-ring (bicyclic) bond motifs is 3. The Labute approximate surface area is 442 Å². The van der Waals surface area contributed by atoms with Gasteiger partial charge in [-0.15, -0.1) is 0 Å². The van der Waals surface area contributed by atoms with Gasteiger partial charge in [-0.1, -0.05) is 56.9 Å². The average Bonchev–Trinajstić information content (AvgIpc) is 4.01. The molecule has 0 saturated carbocycles. The number of benzene rings is 3. The van der Waals surface area contributed by atoms with Crippen LogP contribution in [0.5, 0.6) is 11.5 Å². The van der Waals surface area contributed by atoms with Crippen LogP contribution in [0.2, 0.25) is 0 Å². The van der Waals surface area contributed by atoms with E-state index in [4.69, 9.17) is 4.74 Å². The second-order valence-electron chi connectivity index (χ2n) is 19.7. The summed E-state index contributed by atoms with van der Waals surface area (Å²) >= 11 is 0. The van der Waals surface area contributed by atoms with Gasteiger partial charge in [0.1, 0.15) is 66.1 Å². The molecule has 14 atom stereocenters. The van der Waals surface area contributed by atoms with Crippen molar-refractivity contribution in [3.63, 3.8) is 0 Å². The SMILES string of the molecule is CCCCCCCOc1ccc2cc(C(=O)N[C@H]3C[C@H](O)[C@H](O)NC(=O)[C@@H]4[C@@H](O)CCN4C(=O)[C@H]([C@H](O)CC#N)NC(=O)[C@H]([C@H](O)[C@@H](O)c4ccc(O)cc4)NC(=O)[C@@H]4C[C@@H](O)CN4C(=O)[C@H]([C@@H](C)O)NC3=O)ccc2c1. The van der Waals surface area contributed by atoms with Crippen LogP contribution in [0.25, 0.3) is 10.8 Å². The topological polar surface area (TPSA) is 401 Å². The van der Waals surface area contributed by atoms with Gasteiger partial charge in [-0.05, 0) is 72.5 Å². The van der Waals surface area contributed by atoms with Crippen LogP contribution < -0.4 is 31.3 Å². The van der Waals surface area contributed by atoms with E-state index in [0.29, 0.717) is 28.0 Å². The number of aliphatic hydroxyl groups is 8.